The number of carbonyl (C=O) groups is 4. The molecule has 1 atom stereocenters. The number of fused-ring (bicyclic) bond motifs is 1. The molecule has 1 unspecified atom stereocenters. The maximum atomic E-state index is 13.1. The first-order valence-corrected chi connectivity index (χ1v) is 12.4. The van der Waals surface area contributed by atoms with Crippen LogP contribution in [0.15, 0.2) is 82.1 Å². The zero-order valence-electron chi connectivity index (χ0n) is 19.4. The fraction of sp³-hybridized carbons (Fsp3) is 0.148. The molecule has 9 nitrogen and oxygen atoms in total. The van der Waals surface area contributed by atoms with Crippen LogP contribution in [0.1, 0.15) is 19.3 Å². The molecule has 1 aromatic heterocycles. The average molecular weight is 516 g/mol. The molecule has 3 amide bonds. The topological polar surface area (TPSA) is 130 Å². The van der Waals surface area contributed by atoms with Gasteiger partial charge in [0.2, 0.25) is 23.6 Å². The zero-order chi connectivity index (χ0) is 25.9. The van der Waals surface area contributed by atoms with Crippen molar-refractivity contribution in [3.05, 3.63) is 72.8 Å². The number of para-hydroxylation sites is 2. The molecule has 5 rings (SSSR count). The van der Waals surface area contributed by atoms with Gasteiger partial charge < -0.3 is 14.8 Å². The Kier molecular flexibility index (Phi) is 6.74. The first-order chi connectivity index (χ1) is 17.9. The van der Waals surface area contributed by atoms with Gasteiger partial charge in [-0.25, -0.2) is 9.88 Å². The highest BCUT2D eigenvalue weighted by Crippen LogP contribution is 2.35. The van der Waals surface area contributed by atoms with Gasteiger partial charge in [0.1, 0.15) is 5.52 Å². The van der Waals surface area contributed by atoms with Crippen LogP contribution < -0.4 is 10.2 Å². The number of carboxylic acid groups (broad SMARTS) is 1. The van der Waals surface area contributed by atoms with E-state index < -0.39 is 17.1 Å². The second kappa shape index (κ2) is 10.3. The highest BCUT2D eigenvalue weighted by Gasteiger charge is 2.40. The minimum atomic E-state index is -1.04. The maximum Gasteiger partial charge on any atom is 0.303 e. The lowest BCUT2D eigenvalue weighted by molar-refractivity contribution is -0.138. The number of aliphatic carboxylic acids is 1. The first-order valence-electron chi connectivity index (χ1n) is 11.5. The molecule has 3 aromatic carbocycles. The number of nitrogens with one attached hydrogen (secondary N) is 1. The number of aromatic nitrogens is 1. The van der Waals surface area contributed by atoms with Gasteiger partial charge in [-0.2, -0.15) is 0 Å². The number of rotatable bonds is 8. The molecule has 4 aromatic rings. The van der Waals surface area contributed by atoms with Gasteiger partial charge in [0.05, 0.1) is 17.4 Å². The van der Waals surface area contributed by atoms with Crippen LogP contribution in [0.4, 0.5) is 11.4 Å². The normalized spacial score (nSPS) is 15.4. The lowest BCUT2D eigenvalue weighted by Crippen LogP contribution is -2.31. The Labute approximate surface area is 215 Å². The van der Waals surface area contributed by atoms with Crippen molar-refractivity contribution in [2.45, 2.75) is 29.4 Å². The van der Waals surface area contributed by atoms with E-state index >= 15 is 0 Å². The molecular formula is C27H21N3O6S. The summed E-state index contributed by atoms with van der Waals surface area (Å²) in [5, 5.41) is 10.7. The summed E-state index contributed by atoms with van der Waals surface area (Å²) in [5.41, 5.74) is 3.17. The van der Waals surface area contributed by atoms with Crippen LogP contribution >= 0.6 is 11.8 Å². The Balaban J connectivity index is 1.23. The van der Waals surface area contributed by atoms with Gasteiger partial charge in [0, 0.05) is 29.0 Å². The van der Waals surface area contributed by atoms with E-state index in [0.29, 0.717) is 22.8 Å². The number of thioether (sulfide) groups is 1. The summed E-state index contributed by atoms with van der Waals surface area (Å²) in [7, 11) is 0. The lowest BCUT2D eigenvalue weighted by Gasteiger charge is -2.15. The molecule has 37 heavy (non-hydrogen) atoms. The summed E-state index contributed by atoms with van der Waals surface area (Å²) in [6.07, 6.45) is -0.284. The monoisotopic (exact) mass is 515 g/mol. The van der Waals surface area contributed by atoms with Crippen molar-refractivity contribution < 1.29 is 28.7 Å². The number of hydrogen-bond acceptors (Lipinski definition) is 7. The number of amides is 3. The van der Waals surface area contributed by atoms with Gasteiger partial charge in [-0.1, -0.05) is 12.1 Å². The number of carbonyl (C=O) groups excluding carboxylic acids is 3. The SMILES string of the molecule is O=C(O)CCC(=O)Nc1ccc(SC2CC(=O)N(c3ccc(-c4nc5ccccc5o4)cc3)C2=O)cc1. The largest absolute Gasteiger partial charge is 0.481 e. The summed E-state index contributed by atoms with van der Waals surface area (Å²) >= 11 is 1.28. The summed E-state index contributed by atoms with van der Waals surface area (Å²) < 4.78 is 5.79. The molecule has 0 saturated carbocycles. The van der Waals surface area contributed by atoms with Crippen LogP contribution in [0.5, 0.6) is 0 Å². The van der Waals surface area contributed by atoms with Crippen LogP contribution in [0, 0.1) is 0 Å². The highest BCUT2D eigenvalue weighted by atomic mass is 32.2. The molecule has 1 fully saturated rings. The van der Waals surface area contributed by atoms with E-state index in [1.807, 2.05) is 24.3 Å². The summed E-state index contributed by atoms with van der Waals surface area (Å²) in [5.74, 6) is -1.54. The van der Waals surface area contributed by atoms with Gasteiger partial charge in [-0.15, -0.1) is 11.8 Å². The van der Waals surface area contributed by atoms with Crippen LogP contribution in [-0.2, 0) is 19.2 Å². The predicted octanol–water partition coefficient (Wildman–Crippen LogP) is 4.72. The number of carboxylic acids is 1. The first kappa shape index (κ1) is 24.3. The van der Waals surface area contributed by atoms with Crippen LogP contribution in [-0.4, -0.2) is 39.0 Å². The van der Waals surface area contributed by atoms with Crippen molar-refractivity contribution in [2.75, 3.05) is 10.2 Å². The molecular weight excluding hydrogens is 494 g/mol. The Morgan fingerprint density at radius 3 is 2.43 bits per heavy atom. The quantitative estimate of drug-likeness (QED) is 0.322. The van der Waals surface area contributed by atoms with Crippen molar-refractivity contribution in [1.82, 2.24) is 4.98 Å². The fourth-order valence-corrected chi connectivity index (χ4v) is 5.00. The molecule has 0 aliphatic carbocycles. The van der Waals surface area contributed by atoms with Gasteiger partial charge >= 0.3 is 5.97 Å². The second-order valence-electron chi connectivity index (χ2n) is 8.38. The molecule has 1 aliphatic rings. The van der Waals surface area contributed by atoms with Crippen molar-refractivity contribution in [3.8, 4) is 11.5 Å². The molecule has 1 aliphatic heterocycles. The number of anilines is 2. The molecule has 0 radical (unpaired) electrons. The van der Waals surface area contributed by atoms with E-state index in [0.717, 1.165) is 16.0 Å². The van der Waals surface area contributed by atoms with Crippen LogP contribution in [0.2, 0.25) is 0 Å². The predicted molar refractivity (Wildman–Crippen MR) is 138 cm³/mol. The van der Waals surface area contributed by atoms with E-state index in [-0.39, 0.29) is 31.1 Å². The van der Waals surface area contributed by atoms with Crippen molar-refractivity contribution >= 4 is 57.9 Å². The Morgan fingerprint density at radius 1 is 1.00 bits per heavy atom. The summed E-state index contributed by atoms with van der Waals surface area (Å²) in [6.45, 7) is 0. The van der Waals surface area contributed by atoms with E-state index in [1.165, 1.54) is 16.7 Å². The third-order valence-corrected chi connectivity index (χ3v) is 6.95. The highest BCUT2D eigenvalue weighted by molar-refractivity contribution is 8.00. The molecule has 1 saturated heterocycles. The van der Waals surface area contributed by atoms with Gasteiger partial charge in [-0.05, 0) is 60.7 Å². The number of hydrogen-bond donors (Lipinski definition) is 2. The summed E-state index contributed by atoms with van der Waals surface area (Å²) in [4.78, 5) is 54.6. The summed E-state index contributed by atoms with van der Waals surface area (Å²) in [6, 6.07) is 21.2. The smallest absolute Gasteiger partial charge is 0.303 e. The molecule has 2 N–H and O–H groups in total. The van der Waals surface area contributed by atoms with E-state index in [4.69, 9.17) is 9.52 Å². The van der Waals surface area contributed by atoms with Crippen molar-refractivity contribution in [3.63, 3.8) is 0 Å². The third-order valence-electron chi connectivity index (χ3n) is 5.75. The Bertz CT molecular complexity index is 1460. The van der Waals surface area contributed by atoms with Gasteiger partial charge in [0.15, 0.2) is 5.58 Å². The standard InChI is InChI=1S/C27H21N3O6S/c31-23(13-14-25(33)34)28-17-7-11-19(12-8-17)37-22-15-24(32)30(27(22)35)18-9-5-16(6-10-18)26-29-20-3-1-2-4-21(20)36-26/h1-12,22H,13-15H2,(H,28,31)(H,33,34). The average Bonchev–Trinajstić information content (AvgIpc) is 3.44. The van der Waals surface area contributed by atoms with E-state index in [1.54, 1.807) is 48.5 Å². The van der Waals surface area contributed by atoms with Gasteiger partial charge in [0.25, 0.3) is 0 Å². The van der Waals surface area contributed by atoms with Crippen molar-refractivity contribution in [1.29, 1.82) is 0 Å². The Hall–Kier alpha value is -4.44. The second-order valence-corrected chi connectivity index (χ2v) is 9.65. The molecule has 2 heterocycles. The van der Waals surface area contributed by atoms with Crippen LogP contribution in [0.3, 0.4) is 0 Å². The maximum absolute atomic E-state index is 13.1. The number of imide groups is 1. The molecule has 10 heteroatoms. The molecule has 0 bridgehead atoms. The lowest BCUT2D eigenvalue weighted by atomic mass is 10.2. The third kappa shape index (κ3) is 5.39. The number of nitrogens with zero attached hydrogens (tertiary/aromatic N) is 2. The van der Waals surface area contributed by atoms with E-state index in [2.05, 4.69) is 10.3 Å². The van der Waals surface area contributed by atoms with Crippen molar-refractivity contribution in [2.24, 2.45) is 0 Å². The molecule has 0 spiro atoms. The Morgan fingerprint density at radius 2 is 1.73 bits per heavy atom. The van der Waals surface area contributed by atoms with E-state index in [9.17, 15) is 19.2 Å². The van der Waals surface area contributed by atoms with Crippen LogP contribution in [0.25, 0.3) is 22.6 Å². The fourth-order valence-electron chi connectivity index (χ4n) is 3.94. The molecule has 186 valence electrons. The minimum Gasteiger partial charge on any atom is -0.481 e. The number of oxazole rings is 1. The van der Waals surface area contributed by atoms with Gasteiger partial charge in [-0.3, -0.25) is 19.2 Å². The zero-order valence-corrected chi connectivity index (χ0v) is 20.2. The minimum absolute atomic E-state index is 0.0735. The number of benzene rings is 3.